The lowest BCUT2D eigenvalue weighted by molar-refractivity contribution is 0.240. The maximum Gasteiger partial charge on any atom is 0.185 e. The molecule has 0 bridgehead atoms. The van der Waals surface area contributed by atoms with Gasteiger partial charge in [0.1, 0.15) is 9.84 Å². The molecule has 2 heterocycles. The first-order valence-corrected chi connectivity index (χ1v) is 8.96. The molecule has 1 aromatic heterocycles. The van der Waals surface area contributed by atoms with E-state index in [0.717, 1.165) is 24.8 Å². The molecule has 0 N–H and O–H groups in total. The van der Waals surface area contributed by atoms with Crippen molar-refractivity contribution in [3.05, 3.63) is 11.6 Å². The molecule has 7 heteroatoms. The summed E-state index contributed by atoms with van der Waals surface area (Å²) < 4.78 is 22.3. The Bertz CT molecular complexity index is 472. The second kappa shape index (κ2) is 5.54. The fourth-order valence-electron chi connectivity index (χ4n) is 2.17. The summed E-state index contributed by atoms with van der Waals surface area (Å²) in [4.78, 5) is 8.84. The van der Waals surface area contributed by atoms with E-state index >= 15 is 0 Å². The van der Waals surface area contributed by atoms with Crippen molar-refractivity contribution in [3.8, 4) is 0 Å². The van der Waals surface area contributed by atoms with E-state index in [4.69, 9.17) is 0 Å². The van der Waals surface area contributed by atoms with Gasteiger partial charge in [0.2, 0.25) is 0 Å². The van der Waals surface area contributed by atoms with Crippen LogP contribution in [-0.4, -0.2) is 62.5 Å². The normalized spacial score (nSPS) is 22.3. The minimum absolute atomic E-state index is 0.247. The Morgan fingerprint density at radius 1 is 1.50 bits per heavy atom. The quantitative estimate of drug-likeness (QED) is 0.816. The molecule has 0 amide bonds. The summed E-state index contributed by atoms with van der Waals surface area (Å²) in [7, 11) is -2.86. The Morgan fingerprint density at radius 3 is 2.83 bits per heavy atom. The summed E-state index contributed by atoms with van der Waals surface area (Å²) in [5.74, 6) is 0.247. The average molecular weight is 289 g/mol. The summed E-state index contributed by atoms with van der Waals surface area (Å²) in [5, 5.41) is 3.04. The summed E-state index contributed by atoms with van der Waals surface area (Å²) in [6.07, 6.45) is 3.12. The van der Waals surface area contributed by atoms with Crippen LogP contribution in [0.25, 0.3) is 0 Å². The zero-order valence-corrected chi connectivity index (χ0v) is 12.4. The van der Waals surface area contributed by atoms with E-state index in [1.54, 1.807) is 11.3 Å². The van der Waals surface area contributed by atoms with Crippen LogP contribution in [0.2, 0.25) is 0 Å². The van der Waals surface area contributed by atoms with Crippen LogP contribution in [0.3, 0.4) is 0 Å². The van der Waals surface area contributed by atoms with Gasteiger partial charge in [-0.2, -0.15) is 0 Å². The Hall–Kier alpha value is -0.660. The molecular formula is C11H19N3O2S2. The lowest BCUT2D eigenvalue weighted by Crippen LogP contribution is -2.52. The fourth-order valence-corrected chi connectivity index (χ4v) is 3.53. The molecule has 1 aliphatic heterocycles. The van der Waals surface area contributed by atoms with Crippen molar-refractivity contribution in [2.75, 3.05) is 43.1 Å². The van der Waals surface area contributed by atoms with Gasteiger partial charge in [-0.05, 0) is 6.92 Å². The molecule has 0 saturated carbocycles. The van der Waals surface area contributed by atoms with Crippen molar-refractivity contribution in [2.45, 2.75) is 13.0 Å². The predicted octanol–water partition coefficient (Wildman–Crippen LogP) is 0.698. The molecule has 0 spiro atoms. The Balaban J connectivity index is 1.88. The van der Waals surface area contributed by atoms with Crippen molar-refractivity contribution in [1.29, 1.82) is 0 Å². The summed E-state index contributed by atoms with van der Waals surface area (Å²) in [5.41, 5.74) is 0. The number of hydrogen-bond donors (Lipinski definition) is 0. The molecule has 102 valence electrons. The SMILES string of the molecule is C[C@@H]1CN(CCS(C)(=O)=O)CCN1c1nccs1. The largest absolute Gasteiger partial charge is 0.343 e. The van der Waals surface area contributed by atoms with Crippen molar-refractivity contribution in [1.82, 2.24) is 9.88 Å². The average Bonchev–Trinajstić information content (AvgIpc) is 2.79. The predicted molar refractivity (Wildman–Crippen MR) is 75.1 cm³/mol. The minimum Gasteiger partial charge on any atom is -0.343 e. The van der Waals surface area contributed by atoms with Gasteiger partial charge in [0, 0.05) is 50.1 Å². The first kappa shape index (κ1) is 13.8. The zero-order valence-electron chi connectivity index (χ0n) is 10.7. The highest BCUT2D eigenvalue weighted by molar-refractivity contribution is 7.90. The van der Waals surface area contributed by atoms with Gasteiger partial charge < -0.3 is 4.90 Å². The van der Waals surface area contributed by atoms with Crippen molar-refractivity contribution >= 4 is 26.3 Å². The third-order valence-corrected chi connectivity index (χ3v) is 4.89. The molecule has 0 aliphatic carbocycles. The van der Waals surface area contributed by atoms with E-state index in [-0.39, 0.29) is 5.75 Å². The molecule has 1 aliphatic rings. The topological polar surface area (TPSA) is 53.5 Å². The number of piperazine rings is 1. The molecule has 1 saturated heterocycles. The van der Waals surface area contributed by atoms with Crippen molar-refractivity contribution < 1.29 is 8.42 Å². The number of rotatable bonds is 4. The molecule has 0 unspecified atom stereocenters. The molecular weight excluding hydrogens is 270 g/mol. The fraction of sp³-hybridized carbons (Fsp3) is 0.727. The second-order valence-corrected chi connectivity index (χ2v) is 7.92. The van der Waals surface area contributed by atoms with Gasteiger partial charge in [0.25, 0.3) is 0 Å². The first-order chi connectivity index (χ1) is 8.46. The lowest BCUT2D eigenvalue weighted by atomic mass is 10.2. The Labute approximate surface area is 112 Å². The molecule has 2 rings (SSSR count). The smallest absolute Gasteiger partial charge is 0.185 e. The summed E-state index contributed by atoms with van der Waals surface area (Å²) >= 11 is 1.65. The maximum atomic E-state index is 11.2. The molecule has 18 heavy (non-hydrogen) atoms. The third kappa shape index (κ3) is 3.66. The highest BCUT2D eigenvalue weighted by Gasteiger charge is 2.25. The molecule has 0 aromatic carbocycles. The van der Waals surface area contributed by atoms with Gasteiger partial charge in [-0.3, -0.25) is 4.90 Å². The van der Waals surface area contributed by atoms with Gasteiger partial charge in [0.15, 0.2) is 5.13 Å². The lowest BCUT2D eigenvalue weighted by Gasteiger charge is -2.39. The second-order valence-electron chi connectivity index (χ2n) is 4.79. The van der Waals surface area contributed by atoms with E-state index in [9.17, 15) is 8.42 Å². The highest BCUT2D eigenvalue weighted by Crippen LogP contribution is 2.22. The number of sulfone groups is 1. The third-order valence-electron chi connectivity index (χ3n) is 3.15. The van der Waals surface area contributed by atoms with Crippen molar-refractivity contribution in [2.24, 2.45) is 0 Å². The van der Waals surface area contributed by atoms with Crippen LogP contribution < -0.4 is 4.90 Å². The molecule has 0 radical (unpaired) electrons. The van der Waals surface area contributed by atoms with Gasteiger partial charge in [0.05, 0.1) is 5.75 Å². The molecule has 1 aromatic rings. The first-order valence-electron chi connectivity index (χ1n) is 6.02. The van der Waals surface area contributed by atoms with Gasteiger partial charge >= 0.3 is 0 Å². The monoisotopic (exact) mass is 289 g/mol. The Morgan fingerprint density at radius 2 is 2.28 bits per heavy atom. The molecule has 5 nitrogen and oxygen atoms in total. The van der Waals surface area contributed by atoms with E-state index in [1.165, 1.54) is 6.26 Å². The van der Waals surface area contributed by atoms with Gasteiger partial charge in [-0.15, -0.1) is 11.3 Å². The molecule has 1 fully saturated rings. The van der Waals surface area contributed by atoms with Crippen LogP contribution in [0.1, 0.15) is 6.92 Å². The number of nitrogens with zero attached hydrogens (tertiary/aromatic N) is 3. The van der Waals surface area contributed by atoms with E-state index in [0.29, 0.717) is 12.6 Å². The van der Waals surface area contributed by atoms with Crippen LogP contribution in [0.15, 0.2) is 11.6 Å². The minimum atomic E-state index is -2.86. The van der Waals surface area contributed by atoms with Crippen LogP contribution in [0.4, 0.5) is 5.13 Å². The van der Waals surface area contributed by atoms with E-state index in [1.807, 2.05) is 11.6 Å². The molecule has 1 atom stereocenters. The van der Waals surface area contributed by atoms with E-state index < -0.39 is 9.84 Å². The van der Waals surface area contributed by atoms with Gasteiger partial charge in [-0.1, -0.05) is 0 Å². The highest BCUT2D eigenvalue weighted by atomic mass is 32.2. The number of anilines is 1. The number of hydrogen-bond acceptors (Lipinski definition) is 6. The van der Waals surface area contributed by atoms with Crippen LogP contribution >= 0.6 is 11.3 Å². The number of aromatic nitrogens is 1. The Kier molecular flexibility index (Phi) is 4.24. The summed E-state index contributed by atoms with van der Waals surface area (Å²) in [6.45, 7) is 5.51. The van der Waals surface area contributed by atoms with Crippen molar-refractivity contribution in [3.63, 3.8) is 0 Å². The van der Waals surface area contributed by atoms with Crippen LogP contribution in [0.5, 0.6) is 0 Å². The summed E-state index contributed by atoms with van der Waals surface area (Å²) in [6, 6.07) is 0.379. The van der Waals surface area contributed by atoms with Gasteiger partial charge in [-0.25, -0.2) is 13.4 Å². The maximum absolute atomic E-state index is 11.2. The van der Waals surface area contributed by atoms with Crippen LogP contribution in [-0.2, 0) is 9.84 Å². The number of thiazole rings is 1. The van der Waals surface area contributed by atoms with E-state index in [2.05, 4.69) is 21.7 Å². The zero-order chi connectivity index (χ0) is 13.2. The van der Waals surface area contributed by atoms with Crippen LogP contribution in [0, 0.1) is 0 Å². The standard InChI is InChI=1S/C11H19N3O2S2/c1-10-9-13(6-8-18(2,15)16)4-5-14(10)11-12-3-7-17-11/h3,7,10H,4-6,8-9H2,1-2H3/t10-/m1/s1.